The number of piperidine rings is 1. The van der Waals surface area contributed by atoms with Crippen LogP contribution in [0.5, 0.6) is 0 Å². The summed E-state index contributed by atoms with van der Waals surface area (Å²) in [6.45, 7) is 2.43. The van der Waals surface area contributed by atoms with Crippen molar-refractivity contribution in [3.63, 3.8) is 0 Å². The molecular weight excluding hydrogens is 229 g/mol. The van der Waals surface area contributed by atoms with Crippen LogP contribution in [-0.2, 0) is 0 Å². The lowest BCUT2D eigenvalue weighted by molar-refractivity contribution is 0.393. The van der Waals surface area contributed by atoms with Crippen molar-refractivity contribution in [2.24, 2.45) is 11.7 Å². The average molecular weight is 247 g/mol. The van der Waals surface area contributed by atoms with E-state index in [0.29, 0.717) is 23.7 Å². The van der Waals surface area contributed by atoms with Gasteiger partial charge in [-0.15, -0.1) is 0 Å². The Morgan fingerprint density at radius 2 is 2.33 bits per heavy atom. The smallest absolute Gasteiger partial charge is 0.147 e. The van der Waals surface area contributed by atoms with E-state index in [4.69, 9.17) is 11.0 Å². The molecule has 1 aliphatic rings. The highest BCUT2D eigenvalue weighted by Crippen LogP contribution is 2.27. The number of hydrogen-bond acceptors (Lipinski definition) is 3. The topological polar surface area (TPSA) is 53.0 Å². The SMILES string of the molecule is N#Cc1ccc(N2CCCC(CCN)C2)c(F)c1. The fourth-order valence-electron chi connectivity index (χ4n) is 2.59. The van der Waals surface area contributed by atoms with Crippen LogP contribution < -0.4 is 10.6 Å². The van der Waals surface area contributed by atoms with E-state index in [0.717, 1.165) is 25.9 Å². The van der Waals surface area contributed by atoms with Crippen LogP contribution in [-0.4, -0.2) is 19.6 Å². The summed E-state index contributed by atoms with van der Waals surface area (Å²) in [7, 11) is 0. The van der Waals surface area contributed by atoms with Gasteiger partial charge < -0.3 is 10.6 Å². The standard InChI is InChI=1S/C14H18FN3/c15-13-8-12(9-17)3-4-14(13)18-7-1-2-11(10-18)5-6-16/h3-4,8,11H,1-2,5-7,10,16H2. The van der Waals surface area contributed by atoms with Crippen molar-refractivity contribution in [2.45, 2.75) is 19.3 Å². The average Bonchev–Trinajstić information content (AvgIpc) is 2.39. The zero-order chi connectivity index (χ0) is 13.0. The maximum Gasteiger partial charge on any atom is 0.147 e. The van der Waals surface area contributed by atoms with Gasteiger partial charge in [-0.3, -0.25) is 0 Å². The molecule has 1 saturated heterocycles. The molecule has 0 amide bonds. The van der Waals surface area contributed by atoms with Gasteiger partial charge >= 0.3 is 0 Å². The second-order valence-electron chi connectivity index (χ2n) is 4.81. The highest BCUT2D eigenvalue weighted by Gasteiger charge is 2.21. The molecule has 1 heterocycles. The monoisotopic (exact) mass is 247 g/mol. The molecule has 0 radical (unpaired) electrons. The molecule has 1 aliphatic heterocycles. The van der Waals surface area contributed by atoms with Crippen LogP contribution >= 0.6 is 0 Å². The lowest BCUT2D eigenvalue weighted by atomic mass is 9.94. The highest BCUT2D eigenvalue weighted by molar-refractivity contribution is 5.51. The maximum absolute atomic E-state index is 13.9. The van der Waals surface area contributed by atoms with E-state index >= 15 is 0 Å². The van der Waals surface area contributed by atoms with E-state index in [2.05, 4.69) is 4.90 Å². The van der Waals surface area contributed by atoms with Crippen LogP contribution in [0.1, 0.15) is 24.8 Å². The minimum Gasteiger partial charge on any atom is -0.369 e. The van der Waals surface area contributed by atoms with Crippen LogP contribution in [0.2, 0.25) is 0 Å². The van der Waals surface area contributed by atoms with Gasteiger partial charge in [0.25, 0.3) is 0 Å². The van der Waals surface area contributed by atoms with Gasteiger partial charge in [0.05, 0.1) is 17.3 Å². The van der Waals surface area contributed by atoms with E-state index in [1.807, 2.05) is 6.07 Å². The molecule has 0 aromatic heterocycles. The van der Waals surface area contributed by atoms with Gasteiger partial charge in [0.1, 0.15) is 5.82 Å². The molecule has 4 heteroatoms. The zero-order valence-electron chi connectivity index (χ0n) is 10.4. The number of nitriles is 1. The van der Waals surface area contributed by atoms with Gasteiger partial charge in [0, 0.05) is 13.1 Å². The van der Waals surface area contributed by atoms with Crippen molar-refractivity contribution in [3.05, 3.63) is 29.6 Å². The van der Waals surface area contributed by atoms with Crippen LogP contribution in [0.3, 0.4) is 0 Å². The minimum atomic E-state index is -0.303. The second kappa shape index (κ2) is 5.83. The van der Waals surface area contributed by atoms with E-state index in [1.165, 1.54) is 12.5 Å². The van der Waals surface area contributed by atoms with Crippen molar-refractivity contribution >= 4 is 5.69 Å². The predicted molar refractivity (Wildman–Crippen MR) is 69.7 cm³/mol. The quantitative estimate of drug-likeness (QED) is 0.891. The normalized spacial score (nSPS) is 19.6. The molecule has 18 heavy (non-hydrogen) atoms. The number of rotatable bonds is 3. The zero-order valence-corrected chi connectivity index (χ0v) is 10.4. The van der Waals surface area contributed by atoms with Crippen LogP contribution in [0, 0.1) is 23.1 Å². The van der Waals surface area contributed by atoms with E-state index in [9.17, 15) is 4.39 Å². The number of hydrogen-bond donors (Lipinski definition) is 1. The predicted octanol–water partition coefficient (Wildman–Crippen LogP) is 2.26. The molecule has 96 valence electrons. The molecule has 0 aliphatic carbocycles. The van der Waals surface area contributed by atoms with Crippen molar-refractivity contribution in [2.75, 3.05) is 24.5 Å². The Balaban J connectivity index is 2.13. The Morgan fingerprint density at radius 3 is 3.00 bits per heavy atom. The summed E-state index contributed by atoms with van der Waals surface area (Å²) in [5, 5.41) is 8.73. The summed E-state index contributed by atoms with van der Waals surface area (Å²) in [6, 6.07) is 6.64. The molecule has 2 rings (SSSR count). The van der Waals surface area contributed by atoms with Crippen LogP contribution in [0.25, 0.3) is 0 Å². The molecule has 1 aromatic carbocycles. The molecule has 1 fully saturated rings. The van der Waals surface area contributed by atoms with Gasteiger partial charge in [-0.2, -0.15) is 5.26 Å². The minimum absolute atomic E-state index is 0.303. The molecular formula is C14H18FN3. The Kier molecular flexibility index (Phi) is 4.16. The van der Waals surface area contributed by atoms with E-state index < -0.39 is 0 Å². The van der Waals surface area contributed by atoms with Crippen LogP contribution in [0.4, 0.5) is 10.1 Å². The summed E-state index contributed by atoms with van der Waals surface area (Å²) < 4.78 is 13.9. The summed E-state index contributed by atoms with van der Waals surface area (Å²) in [6.07, 6.45) is 3.24. The molecule has 1 aromatic rings. The summed E-state index contributed by atoms with van der Waals surface area (Å²) >= 11 is 0. The van der Waals surface area contributed by atoms with Crippen molar-refractivity contribution in [3.8, 4) is 6.07 Å². The first kappa shape index (κ1) is 12.8. The lowest BCUT2D eigenvalue weighted by Crippen LogP contribution is -2.36. The van der Waals surface area contributed by atoms with E-state index in [-0.39, 0.29) is 5.82 Å². The first-order valence-corrected chi connectivity index (χ1v) is 6.39. The van der Waals surface area contributed by atoms with Gasteiger partial charge in [-0.05, 0) is 49.9 Å². The molecule has 1 atom stereocenters. The number of nitrogens with zero attached hydrogens (tertiary/aromatic N) is 2. The third kappa shape index (κ3) is 2.80. The van der Waals surface area contributed by atoms with Crippen molar-refractivity contribution < 1.29 is 4.39 Å². The summed E-state index contributed by atoms with van der Waals surface area (Å²) in [4.78, 5) is 2.07. The Morgan fingerprint density at radius 1 is 1.50 bits per heavy atom. The number of halogens is 1. The number of anilines is 1. The van der Waals surface area contributed by atoms with Gasteiger partial charge in [-0.25, -0.2) is 4.39 Å². The number of benzene rings is 1. The molecule has 3 nitrogen and oxygen atoms in total. The second-order valence-corrected chi connectivity index (χ2v) is 4.81. The largest absolute Gasteiger partial charge is 0.369 e. The Hall–Kier alpha value is -1.60. The lowest BCUT2D eigenvalue weighted by Gasteiger charge is -2.34. The number of nitrogens with two attached hydrogens (primary N) is 1. The molecule has 2 N–H and O–H groups in total. The van der Waals surface area contributed by atoms with Crippen LogP contribution in [0.15, 0.2) is 18.2 Å². The van der Waals surface area contributed by atoms with Gasteiger partial charge in [-0.1, -0.05) is 0 Å². The van der Waals surface area contributed by atoms with Crippen molar-refractivity contribution in [1.29, 1.82) is 5.26 Å². The Bertz CT molecular complexity index is 451. The Labute approximate surface area is 107 Å². The first-order chi connectivity index (χ1) is 8.74. The summed E-state index contributed by atoms with van der Waals surface area (Å²) in [5.74, 6) is 0.251. The third-order valence-electron chi connectivity index (χ3n) is 3.51. The fourth-order valence-corrected chi connectivity index (χ4v) is 2.59. The maximum atomic E-state index is 13.9. The highest BCUT2D eigenvalue weighted by atomic mass is 19.1. The third-order valence-corrected chi connectivity index (χ3v) is 3.51. The summed E-state index contributed by atoms with van der Waals surface area (Å²) in [5.41, 5.74) is 6.56. The molecule has 0 spiro atoms. The molecule has 0 saturated carbocycles. The van der Waals surface area contributed by atoms with E-state index in [1.54, 1.807) is 12.1 Å². The molecule has 0 bridgehead atoms. The first-order valence-electron chi connectivity index (χ1n) is 6.39. The van der Waals surface area contributed by atoms with Gasteiger partial charge in [0.15, 0.2) is 0 Å². The van der Waals surface area contributed by atoms with Gasteiger partial charge in [0.2, 0.25) is 0 Å². The molecule has 1 unspecified atom stereocenters. The fraction of sp³-hybridized carbons (Fsp3) is 0.500. The van der Waals surface area contributed by atoms with Crippen molar-refractivity contribution in [1.82, 2.24) is 0 Å².